The van der Waals surface area contributed by atoms with E-state index in [1.165, 1.54) is 0 Å². The van der Waals surface area contributed by atoms with Crippen LogP contribution in [-0.2, 0) is 27.9 Å². The lowest BCUT2D eigenvalue weighted by atomic mass is 9.77. The van der Waals surface area contributed by atoms with E-state index in [1.807, 2.05) is 38.9 Å². The van der Waals surface area contributed by atoms with Crippen LogP contribution in [0.4, 0.5) is 0 Å². The number of methoxy groups -OCH3 is 1. The monoisotopic (exact) mass is 378 g/mol. The second kappa shape index (κ2) is 9.35. The molecule has 27 heavy (non-hydrogen) atoms. The summed E-state index contributed by atoms with van der Waals surface area (Å²) in [5, 5.41) is 7.25. The number of amides is 2. The number of carbonyl (C=O) groups excluding carboxylic acids is 2. The van der Waals surface area contributed by atoms with Crippen molar-refractivity contribution in [3.05, 3.63) is 18.0 Å². The van der Waals surface area contributed by atoms with Crippen molar-refractivity contribution in [1.29, 1.82) is 0 Å². The van der Waals surface area contributed by atoms with Gasteiger partial charge in [-0.05, 0) is 33.6 Å². The van der Waals surface area contributed by atoms with Gasteiger partial charge in [0.1, 0.15) is 0 Å². The molecule has 0 radical (unpaired) electrons. The largest absolute Gasteiger partial charge is 0.383 e. The van der Waals surface area contributed by atoms with Crippen LogP contribution in [0.5, 0.6) is 0 Å². The normalized spacial score (nSPS) is 20.3. The van der Waals surface area contributed by atoms with E-state index in [0.717, 1.165) is 31.2 Å². The molecule has 1 heterocycles. The third-order valence-electron chi connectivity index (χ3n) is 4.93. The average molecular weight is 379 g/mol. The molecule has 7 heteroatoms. The predicted octanol–water partition coefficient (Wildman–Crippen LogP) is 2.12. The molecule has 1 aromatic heterocycles. The first-order valence-electron chi connectivity index (χ1n) is 9.78. The van der Waals surface area contributed by atoms with E-state index in [9.17, 15) is 9.59 Å². The van der Waals surface area contributed by atoms with Crippen molar-refractivity contribution in [2.24, 2.45) is 18.9 Å². The van der Waals surface area contributed by atoms with Gasteiger partial charge in [-0.3, -0.25) is 14.3 Å². The molecular formula is C20H34N4O3. The quantitative estimate of drug-likeness (QED) is 0.788. The van der Waals surface area contributed by atoms with Crippen LogP contribution in [0.2, 0.25) is 0 Å². The van der Waals surface area contributed by atoms with Gasteiger partial charge in [0.15, 0.2) is 0 Å². The second-order valence-electron chi connectivity index (χ2n) is 8.51. The highest BCUT2D eigenvalue weighted by atomic mass is 16.5. The Morgan fingerprint density at radius 3 is 2.52 bits per heavy atom. The molecule has 152 valence electrons. The zero-order valence-corrected chi connectivity index (χ0v) is 17.3. The summed E-state index contributed by atoms with van der Waals surface area (Å²) in [4.78, 5) is 28.0. The van der Waals surface area contributed by atoms with E-state index in [2.05, 4.69) is 10.4 Å². The zero-order chi connectivity index (χ0) is 20.0. The number of hydrogen-bond acceptors (Lipinski definition) is 4. The van der Waals surface area contributed by atoms with Gasteiger partial charge in [-0.15, -0.1) is 0 Å². The number of hydrogen-bond donors (Lipinski definition) is 1. The molecule has 2 rings (SSSR count). The van der Waals surface area contributed by atoms with Crippen LogP contribution in [0.15, 0.2) is 12.4 Å². The molecule has 0 aromatic carbocycles. The highest BCUT2D eigenvalue weighted by Gasteiger charge is 2.38. The van der Waals surface area contributed by atoms with Crippen molar-refractivity contribution in [2.75, 3.05) is 20.3 Å². The standard InChI is InChI=1S/C20H34N4O3/c1-20(2,3)22-18(25)16-8-6-7-9-17(16)19(26)24(10-11-27-5)14-15-12-21-23(4)13-15/h12-13,16-17H,6-11,14H2,1-5H3,(H,22,25)/t16-,17+/m0/s1. The van der Waals surface area contributed by atoms with Crippen LogP contribution in [0.25, 0.3) is 0 Å². The molecule has 0 bridgehead atoms. The number of aromatic nitrogens is 2. The lowest BCUT2D eigenvalue weighted by Crippen LogP contribution is -2.50. The van der Waals surface area contributed by atoms with Gasteiger partial charge in [0.25, 0.3) is 0 Å². The summed E-state index contributed by atoms with van der Waals surface area (Å²) in [5.41, 5.74) is 0.682. The van der Waals surface area contributed by atoms with Gasteiger partial charge >= 0.3 is 0 Å². The maximum Gasteiger partial charge on any atom is 0.226 e. The number of ether oxygens (including phenoxy) is 1. The highest BCUT2D eigenvalue weighted by Crippen LogP contribution is 2.32. The van der Waals surface area contributed by atoms with Gasteiger partial charge in [-0.25, -0.2) is 0 Å². The summed E-state index contributed by atoms with van der Waals surface area (Å²) in [6.45, 7) is 7.37. The first-order valence-corrected chi connectivity index (χ1v) is 9.78. The summed E-state index contributed by atoms with van der Waals surface area (Å²) >= 11 is 0. The van der Waals surface area contributed by atoms with Gasteiger partial charge in [-0.1, -0.05) is 12.8 Å². The average Bonchev–Trinajstić information content (AvgIpc) is 3.01. The smallest absolute Gasteiger partial charge is 0.226 e. The molecule has 1 aromatic rings. The summed E-state index contributed by atoms with van der Waals surface area (Å²) in [7, 11) is 3.49. The minimum atomic E-state index is -0.298. The van der Waals surface area contributed by atoms with Gasteiger partial charge < -0.3 is 15.0 Å². The molecule has 2 amide bonds. The fraction of sp³-hybridized carbons (Fsp3) is 0.750. The molecule has 1 aliphatic rings. The van der Waals surface area contributed by atoms with Gasteiger partial charge in [0, 0.05) is 56.4 Å². The fourth-order valence-corrected chi connectivity index (χ4v) is 3.68. The van der Waals surface area contributed by atoms with Crippen LogP contribution in [0.3, 0.4) is 0 Å². The van der Waals surface area contributed by atoms with Crippen molar-refractivity contribution in [3.63, 3.8) is 0 Å². The third-order valence-corrected chi connectivity index (χ3v) is 4.93. The van der Waals surface area contributed by atoms with Crippen molar-refractivity contribution < 1.29 is 14.3 Å². The molecule has 1 fully saturated rings. The Balaban J connectivity index is 2.15. The first kappa shape index (κ1) is 21.4. The number of aryl methyl sites for hydroxylation is 1. The lowest BCUT2D eigenvalue weighted by Gasteiger charge is -2.35. The molecule has 1 aliphatic carbocycles. The van der Waals surface area contributed by atoms with Crippen LogP contribution in [0.1, 0.15) is 52.0 Å². The van der Waals surface area contributed by atoms with E-state index >= 15 is 0 Å². The lowest BCUT2D eigenvalue weighted by molar-refractivity contribution is -0.145. The molecule has 1 saturated carbocycles. The van der Waals surface area contributed by atoms with Crippen LogP contribution in [-0.4, -0.2) is 52.3 Å². The van der Waals surface area contributed by atoms with E-state index in [-0.39, 0.29) is 29.2 Å². The molecular weight excluding hydrogens is 344 g/mol. The van der Waals surface area contributed by atoms with E-state index < -0.39 is 0 Å². The van der Waals surface area contributed by atoms with E-state index in [0.29, 0.717) is 19.7 Å². The van der Waals surface area contributed by atoms with Crippen LogP contribution in [0, 0.1) is 11.8 Å². The summed E-state index contributed by atoms with van der Waals surface area (Å²) < 4.78 is 6.93. The Morgan fingerprint density at radius 2 is 1.96 bits per heavy atom. The van der Waals surface area contributed by atoms with Crippen molar-refractivity contribution in [1.82, 2.24) is 20.0 Å². The zero-order valence-electron chi connectivity index (χ0n) is 17.3. The summed E-state index contributed by atoms with van der Waals surface area (Å²) in [6.07, 6.45) is 7.20. The Hall–Kier alpha value is -1.89. The third kappa shape index (κ3) is 6.34. The van der Waals surface area contributed by atoms with Crippen molar-refractivity contribution >= 4 is 11.8 Å². The molecule has 2 atom stereocenters. The van der Waals surface area contributed by atoms with Crippen LogP contribution >= 0.6 is 0 Å². The topological polar surface area (TPSA) is 76.5 Å². The molecule has 0 unspecified atom stereocenters. The predicted molar refractivity (Wildman–Crippen MR) is 104 cm³/mol. The Bertz CT molecular complexity index is 635. The maximum atomic E-state index is 13.4. The molecule has 0 aliphatic heterocycles. The molecule has 7 nitrogen and oxygen atoms in total. The molecule has 1 N–H and O–H groups in total. The van der Waals surface area contributed by atoms with Gasteiger partial charge in [-0.2, -0.15) is 5.10 Å². The summed E-state index contributed by atoms with van der Waals surface area (Å²) in [6, 6.07) is 0. The van der Waals surface area contributed by atoms with Gasteiger partial charge in [0.2, 0.25) is 11.8 Å². The van der Waals surface area contributed by atoms with E-state index in [4.69, 9.17) is 4.74 Å². The van der Waals surface area contributed by atoms with Crippen molar-refractivity contribution in [3.8, 4) is 0 Å². The van der Waals surface area contributed by atoms with Gasteiger partial charge in [0.05, 0.1) is 12.8 Å². The Morgan fingerprint density at radius 1 is 1.30 bits per heavy atom. The molecule has 0 spiro atoms. The minimum Gasteiger partial charge on any atom is -0.383 e. The summed E-state index contributed by atoms with van der Waals surface area (Å²) in [5.74, 6) is -0.489. The van der Waals surface area contributed by atoms with Crippen LogP contribution < -0.4 is 5.32 Å². The Kier molecular flexibility index (Phi) is 7.41. The highest BCUT2D eigenvalue weighted by molar-refractivity contribution is 5.88. The molecule has 0 saturated heterocycles. The maximum absolute atomic E-state index is 13.4. The minimum absolute atomic E-state index is 0.00591. The Labute approximate surface area is 162 Å². The number of nitrogens with zero attached hydrogens (tertiary/aromatic N) is 3. The SMILES string of the molecule is COCCN(Cc1cnn(C)c1)C(=O)[C@@H]1CCCC[C@@H]1C(=O)NC(C)(C)C. The number of rotatable bonds is 7. The number of nitrogens with one attached hydrogen (secondary N) is 1. The van der Waals surface area contributed by atoms with Crippen molar-refractivity contribution in [2.45, 2.75) is 58.5 Å². The fourth-order valence-electron chi connectivity index (χ4n) is 3.68. The second-order valence-corrected chi connectivity index (χ2v) is 8.51. The first-order chi connectivity index (χ1) is 12.7. The van der Waals surface area contributed by atoms with E-state index in [1.54, 1.807) is 18.0 Å². The number of carbonyl (C=O) groups is 2.